The lowest BCUT2D eigenvalue weighted by Crippen LogP contribution is -2.03. The van der Waals surface area contributed by atoms with Crippen LogP contribution >= 0.6 is 11.6 Å². The van der Waals surface area contributed by atoms with Crippen molar-refractivity contribution in [2.45, 2.75) is 13.5 Å². The topological polar surface area (TPSA) is 61.9 Å². The summed E-state index contributed by atoms with van der Waals surface area (Å²) in [5.41, 5.74) is 2.89. The fourth-order valence-electron chi connectivity index (χ4n) is 3.09. The number of carbonyl (C=O) groups excluding carboxylic acids is 1. The highest BCUT2D eigenvalue weighted by atomic mass is 35.5. The minimum atomic E-state index is -0.126. The molecular formula is C24H21ClN4O2. The number of imidazole rings is 1. The molecule has 0 bridgehead atoms. The van der Waals surface area contributed by atoms with Gasteiger partial charge in [-0.15, -0.1) is 0 Å². The predicted molar refractivity (Wildman–Crippen MR) is 121 cm³/mol. The van der Waals surface area contributed by atoms with Crippen molar-refractivity contribution in [2.24, 2.45) is 7.05 Å². The summed E-state index contributed by atoms with van der Waals surface area (Å²) in [5.74, 6) is 1.37. The standard InChI is InChI=1S/C24H21ClN4O2/c1-17-21(24(25)29(27-17)19-6-4-3-5-7-19)12-13-22(30)18-8-10-20(11-9-18)31-16-23-26-14-15-28(23)2/h3-15H,16H2,1-2H3/b13-12+. The molecule has 2 aromatic heterocycles. The van der Waals surface area contributed by atoms with Crippen molar-refractivity contribution >= 4 is 23.5 Å². The van der Waals surface area contributed by atoms with E-state index in [0.717, 1.165) is 17.2 Å². The van der Waals surface area contributed by atoms with Gasteiger partial charge in [-0.2, -0.15) is 5.10 Å². The molecule has 4 rings (SSSR count). The number of ketones is 1. The molecule has 0 radical (unpaired) electrons. The summed E-state index contributed by atoms with van der Waals surface area (Å²) in [5, 5.41) is 4.95. The number of ether oxygens (including phenoxy) is 1. The van der Waals surface area contributed by atoms with E-state index < -0.39 is 0 Å². The van der Waals surface area contributed by atoms with Crippen LogP contribution in [-0.2, 0) is 13.7 Å². The van der Waals surface area contributed by atoms with Crippen molar-refractivity contribution in [1.29, 1.82) is 0 Å². The minimum Gasteiger partial charge on any atom is -0.486 e. The summed E-state index contributed by atoms with van der Waals surface area (Å²) in [6.45, 7) is 2.23. The summed E-state index contributed by atoms with van der Waals surface area (Å²) in [7, 11) is 1.91. The number of hydrogen-bond acceptors (Lipinski definition) is 4. The smallest absolute Gasteiger partial charge is 0.185 e. The SMILES string of the molecule is Cc1nn(-c2ccccc2)c(Cl)c1/C=C/C(=O)c1ccc(OCc2nccn2C)cc1. The number of aryl methyl sites for hydroxylation is 2. The summed E-state index contributed by atoms with van der Waals surface area (Å²) < 4.78 is 9.29. The molecule has 31 heavy (non-hydrogen) atoms. The lowest BCUT2D eigenvalue weighted by Gasteiger charge is -2.06. The average molecular weight is 433 g/mol. The number of hydrogen-bond donors (Lipinski definition) is 0. The molecule has 2 heterocycles. The van der Waals surface area contributed by atoms with Crippen molar-refractivity contribution in [2.75, 3.05) is 0 Å². The molecule has 0 unspecified atom stereocenters. The van der Waals surface area contributed by atoms with Gasteiger partial charge in [-0.3, -0.25) is 4.79 Å². The van der Waals surface area contributed by atoms with Crippen molar-refractivity contribution in [3.05, 3.63) is 101 Å². The van der Waals surface area contributed by atoms with Gasteiger partial charge in [0.15, 0.2) is 5.78 Å². The minimum absolute atomic E-state index is 0.126. The molecule has 0 saturated heterocycles. The van der Waals surface area contributed by atoms with E-state index in [2.05, 4.69) is 10.1 Å². The molecule has 0 saturated carbocycles. The molecule has 0 fully saturated rings. The molecule has 2 aromatic carbocycles. The number of allylic oxidation sites excluding steroid dienone is 1. The van der Waals surface area contributed by atoms with E-state index in [9.17, 15) is 4.79 Å². The van der Waals surface area contributed by atoms with Crippen molar-refractivity contribution in [3.63, 3.8) is 0 Å². The predicted octanol–water partition coefficient (Wildman–Crippen LogP) is 5.04. The van der Waals surface area contributed by atoms with E-state index >= 15 is 0 Å². The zero-order valence-electron chi connectivity index (χ0n) is 17.2. The van der Waals surface area contributed by atoms with Crippen LogP contribution < -0.4 is 4.74 Å². The van der Waals surface area contributed by atoms with Gasteiger partial charge in [0.25, 0.3) is 0 Å². The van der Waals surface area contributed by atoms with E-state index in [1.165, 1.54) is 6.08 Å². The number of carbonyl (C=O) groups is 1. The van der Waals surface area contributed by atoms with Gasteiger partial charge in [-0.1, -0.05) is 29.8 Å². The van der Waals surface area contributed by atoms with Crippen molar-refractivity contribution < 1.29 is 9.53 Å². The molecule has 0 spiro atoms. The van der Waals surface area contributed by atoms with Gasteiger partial charge in [0, 0.05) is 30.6 Å². The van der Waals surface area contributed by atoms with Crippen LogP contribution in [0.3, 0.4) is 0 Å². The first-order valence-electron chi connectivity index (χ1n) is 9.75. The number of halogens is 1. The van der Waals surface area contributed by atoms with Crippen LogP contribution in [0.4, 0.5) is 0 Å². The monoisotopic (exact) mass is 432 g/mol. The quantitative estimate of drug-likeness (QED) is 0.303. The second-order valence-electron chi connectivity index (χ2n) is 7.00. The molecule has 4 aromatic rings. The van der Waals surface area contributed by atoms with Crippen LogP contribution in [-0.4, -0.2) is 25.1 Å². The Morgan fingerprint density at radius 3 is 2.55 bits per heavy atom. The van der Waals surface area contributed by atoms with E-state index in [0.29, 0.717) is 28.6 Å². The average Bonchev–Trinajstić information content (AvgIpc) is 3.33. The molecule has 7 heteroatoms. The summed E-state index contributed by atoms with van der Waals surface area (Å²) in [4.78, 5) is 16.8. The van der Waals surface area contributed by atoms with Gasteiger partial charge in [0.1, 0.15) is 23.3 Å². The largest absolute Gasteiger partial charge is 0.486 e. The fourth-order valence-corrected chi connectivity index (χ4v) is 3.43. The van der Waals surface area contributed by atoms with Crippen molar-refractivity contribution in [1.82, 2.24) is 19.3 Å². The number of benzene rings is 2. The Morgan fingerprint density at radius 2 is 1.87 bits per heavy atom. The maximum Gasteiger partial charge on any atom is 0.185 e. The fraction of sp³-hybridized carbons (Fsp3) is 0.125. The number of para-hydroxylation sites is 1. The molecule has 0 N–H and O–H groups in total. The van der Waals surface area contributed by atoms with Crippen LogP contribution in [0, 0.1) is 6.92 Å². The van der Waals surface area contributed by atoms with Crippen LogP contribution in [0.15, 0.2) is 73.1 Å². The molecule has 156 valence electrons. The third-order valence-corrected chi connectivity index (χ3v) is 5.24. The van der Waals surface area contributed by atoms with E-state index in [1.807, 2.05) is 55.1 Å². The number of aromatic nitrogens is 4. The Balaban J connectivity index is 1.45. The molecule has 0 aliphatic rings. The third-order valence-electron chi connectivity index (χ3n) is 4.88. The lowest BCUT2D eigenvalue weighted by atomic mass is 10.1. The van der Waals surface area contributed by atoms with Crippen LogP contribution in [0.1, 0.15) is 27.4 Å². The summed E-state index contributed by atoms with van der Waals surface area (Å²) in [6.07, 6.45) is 6.81. The zero-order chi connectivity index (χ0) is 21.8. The molecule has 0 atom stereocenters. The third kappa shape index (κ3) is 4.59. The molecule has 0 aliphatic heterocycles. The lowest BCUT2D eigenvalue weighted by molar-refractivity contribution is 0.104. The Bertz CT molecular complexity index is 1220. The Labute approximate surface area is 185 Å². The number of rotatable bonds is 7. The van der Waals surface area contributed by atoms with Gasteiger partial charge in [-0.05, 0) is 55.5 Å². The maximum atomic E-state index is 12.6. The first kappa shape index (κ1) is 20.6. The summed E-state index contributed by atoms with van der Waals surface area (Å²) in [6, 6.07) is 16.7. The second kappa shape index (κ2) is 9.02. The Hall–Kier alpha value is -3.64. The van der Waals surface area contributed by atoms with E-state index in [4.69, 9.17) is 16.3 Å². The van der Waals surface area contributed by atoms with Gasteiger partial charge in [0.2, 0.25) is 0 Å². The maximum absolute atomic E-state index is 12.6. The molecule has 6 nitrogen and oxygen atoms in total. The van der Waals surface area contributed by atoms with Crippen LogP contribution in [0.2, 0.25) is 5.15 Å². The normalized spacial score (nSPS) is 11.2. The van der Waals surface area contributed by atoms with Crippen LogP contribution in [0.5, 0.6) is 5.75 Å². The van der Waals surface area contributed by atoms with Gasteiger partial charge < -0.3 is 9.30 Å². The first-order chi connectivity index (χ1) is 15.0. The van der Waals surface area contributed by atoms with Gasteiger partial charge in [0.05, 0.1) is 11.4 Å². The highest BCUT2D eigenvalue weighted by Gasteiger charge is 2.13. The van der Waals surface area contributed by atoms with E-state index in [-0.39, 0.29) is 5.78 Å². The molecule has 0 aliphatic carbocycles. The van der Waals surface area contributed by atoms with Gasteiger partial charge in [-0.25, -0.2) is 9.67 Å². The molecule has 0 amide bonds. The van der Waals surface area contributed by atoms with Crippen LogP contribution in [0.25, 0.3) is 11.8 Å². The Kier molecular flexibility index (Phi) is 6.00. The van der Waals surface area contributed by atoms with Crippen molar-refractivity contribution in [3.8, 4) is 11.4 Å². The van der Waals surface area contributed by atoms with E-state index in [1.54, 1.807) is 41.2 Å². The first-order valence-corrected chi connectivity index (χ1v) is 10.1. The highest BCUT2D eigenvalue weighted by Crippen LogP contribution is 2.25. The number of nitrogens with zero attached hydrogens (tertiary/aromatic N) is 4. The van der Waals surface area contributed by atoms with Gasteiger partial charge >= 0.3 is 0 Å². The Morgan fingerprint density at radius 1 is 1.13 bits per heavy atom. The molecular weight excluding hydrogens is 412 g/mol. The summed E-state index contributed by atoms with van der Waals surface area (Å²) >= 11 is 6.52. The second-order valence-corrected chi connectivity index (χ2v) is 7.36. The zero-order valence-corrected chi connectivity index (χ0v) is 18.0. The highest BCUT2D eigenvalue weighted by molar-refractivity contribution is 6.31.